The van der Waals surface area contributed by atoms with Gasteiger partial charge in [0.25, 0.3) is 0 Å². The van der Waals surface area contributed by atoms with E-state index < -0.39 is 0 Å². The molecule has 1 heterocycles. The largest absolute Gasteiger partial charge is 0.379 e. The van der Waals surface area contributed by atoms with Crippen molar-refractivity contribution >= 4 is 0 Å². The number of hydrogen-bond donors (Lipinski definition) is 2. The van der Waals surface area contributed by atoms with Crippen molar-refractivity contribution in [1.29, 1.82) is 0 Å². The molecule has 3 nitrogen and oxygen atoms in total. The second kappa shape index (κ2) is 8.13. The Kier molecular flexibility index (Phi) is 7.20. The highest BCUT2D eigenvalue weighted by Gasteiger charge is 2.20. The van der Waals surface area contributed by atoms with Crippen molar-refractivity contribution in [1.82, 2.24) is 10.6 Å². The van der Waals surface area contributed by atoms with Gasteiger partial charge in [-0.3, -0.25) is 0 Å². The predicted octanol–water partition coefficient (Wildman–Crippen LogP) is 2.27. The van der Waals surface area contributed by atoms with Crippen LogP contribution in [0.2, 0.25) is 0 Å². The molecule has 18 heavy (non-hydrogen) atoms. The van der Waals surface area contributed by atoms with Crippen molar-refractivity contribution in [3.05, 3.63) is 0 Å². The van der Waals surface area contributed by atoms with Crippen LogP contribution < -0.4 is 10.6 Å². The molecule has 1 saturated heterocycles. The Balaban J connectivity index is 2.24. The first kappa shape index (κ1) is 15.9. The van der Waals surface area contributed by atoms with Crippen LogP contribution in [-0.4, -0.2) is 38.4 Å². The van der Waals surface area contributed by atoms with Gasteiger partial charge < -0.3 is 15.4 Å². The SMILES string of the molecule is CC(CC1COCCN1)NCC(C(C)C)C(C)C. The second-order valence-corrected chi connectivity index (χ2v) is 6.42. The maximum absolute atomic E-state index is 5.49. The molecule has 0 aliphatic carbocycles. The molecule has 108 valence electrons. The van der Waals surface area contributed by atoms with Gasteiger partial charge in [-0.25, -0.2) is 0 Å². The number of hydrogen-bond acceptors (Lipinski definition) is 3. The lowest BCUT2D eigenvalue weighted by atomic mass is 9.85. The first-order valence-electron chi connectivity index (χ1n) is 7.55. The minimum Gasteiger partial charge on any atom is -0.379 e. The lowest BCUT2D eigenvalue weighted by Crippen LogP contribution is -2.46. The summed E-state index contributed by atoms with van der Waals surface area (Å²) in [5, 5.41) is 7.22. The Labute approximate surface area is 113 Å². The van der Waals surface area contributed by atoms with E-state index in [4.69, 9.17) is 4.74 Å². The average molecular weight is 256 g/mol. The number of rotatable bonds is 7. The van der Waals surface area contributed by atoms with Gasteiger partial charge >= 0.3 is 0 Å². The van der Waals surface area contributed by atoms with Gasteiger partial charge in [-0.15, -0.1) is 0 Å². The fourth-order valence-corrected chi connectivity index (χ4v) is 2.86. The van der Waals surface area contributed by atoms with Crippen LogP contribution in [0.4, 0.5) is 0 Å². The molecule has 2 N–H and O–H groups in total. The highest BCUT2D eigenvalue weighted by molar-refractivity contribution is 4.77. The van der Waals surface area contributed by atoms with Crippen LogP contribution in [0, 0.1) is 17.8 Å². The normalized spacial score (nSPS) is 23.0. The van der Waals surface area contributed by atoms with E-state index in [1.807, 2.05) is 0 Å². The Morgan fingerprint density at radius 1 is 1.17 bits per heavy atom. The molecule has 0 aromatic rings. The minimum atomic E-state index is 0.526. The molecule has 0 aromatic carbocycles. The summed E-state index contributed by atoms with van der Waals surface area (Å²) in [4.78, 5) is 0. The van der Waals surface area contributed by atoms with E-state index in [1.54, 1.807) is 0 Å². The Bertz CT molecular complexity index is 205. The Morgan fingerprint density at radius 2 is 1.83 bits per heavy atom. The molecule has 0 saturated carbocycles. The van der Waals surface area contributed by atoms with Crippen LogP contribution in [0.25, 0.3) is 0 Å². The van der Waals surface area contributed by atoms with E-state index >= 15 is 0 Å². The Morgan fingerprint density at radius 3 is 2.33 bits per heavy atom. The van der Waals surface area contributed by atoms with Gasteiger partial charge in [-0.2, -0.15) is 0 Å². The molecule has 2 atom stereocenters. The van der Waals surface area contributed by atoms with Crippen LogP contribution >= 0.6 is 0 Å². The first-order chi connectivity index (χ1) is 8.50. The highest BCUT2D eigenvalue weighted by atomic mass is 16.5. The topological polar surface area (TPSA) is 33.3 Å². The van der Waals surface area contributed by atoms with Gasteiger partial charge in [0.1, 0.15) is 0 Å². The number of morpholine rings is 1. The highest BCUT2D eigenvalue weighted by Crippen LogP contribution is 2.19. The van der Waals surface area contributed by atoms with Crippen LogP contribution in [-0.2, 0) is 4.74 Å². The van der Waals surface area contributed by atoms with Gasteiger partial charge in [0, 0.05) is 18.6 Å². The Hall–Kier alpha value is -0.120. The van der Waals surface area contributed by atoms with E-state index in [9.17, 15) is 0 Å². The minimum absolute atomic E-state index is 0.526. The van der Waals surface area contributed by atoms with Crippen LogP contribution in [0.15, 0.2) is 0 Å². The molecule has 0 radical (unpaired) electrons. The summed E-state index contributed by atoms with van der Waals surface area (Å²) >= 11 is 0. The monoisotopic (exact) mass is 256 g/mol. The van der Waals surface area contributed by atoms with Gasteiger partial charge in [0.15, 0.2) is 0 Å². The summed E-state index contributed by atoms with van der Waals surface area (Å²) in [7, 11) is 0. The van der Waals surface area contributed by atoms with E-state index in [-0.39, 0.29) is 0 Å². The molecular weight excluding hydrogens is 224 g/mol. The zero-order valence-electron chi connectivity index (χ0n) is 12.8. The fourth-order valence-electron chi connectivity index (χ4n) is 2.86. The third kappa shape index (κ3) is 5.68. The molecule has 1 rings (SSSR count). The van der Waals surface area contributed by atoms with Crippen molar-refractivity contribution < 1.29 is 4.74 Å². The summed E-state index contributed by atoms with van der Waals surface area (Å²) in [6.07, 6.45) is 1.16. The lowest BCUT2D eigenvalue weighted by molar-refractivity contribution is 0.0708. The van der Waals surface area contributed by atoms with E-state index in [1.165, 1.54) is 0 Å². The maximum Gasteiger partial charge on any atom is 0.0620 e. The molecule has 1 fully saturated rings. The zero-order chi connectivity index (χ0) is 13.5. The standard InChI is InChI=1S/C15H32N2O/c1-11(2)15(12(3)4)9-17-13(5)8-14-10-18-7-6-16-14/h11-17H,6-10H2,1-5H3. The first-order valence-corrected chi connectivity index (χ1v) is 7.55. The molecule has 1 aliphatic rings. The predicted molar refractivity (Wildman–Crippen MR) is 77.9 cm³/mol. The number of nitrogens with one attached hydrogen (secondary N) is 2. The average Bonchev–Trinajstić information content (AvgIpc) is 2.29. The van der Waals surface area contributed by atoms with Crippen LogP contribution in [0.3, 0.4) is 0 Å². The van der Waals surface area contributed by atoms with Gasteiger partial charge in [0.05, 0.1) is 13.2 Å². The summed E-state index contributed by atoms with van der Waals surface area (Å²) < 4.78 is 5.49. The van der Waals surface area contributed by atoms with Crippen molar-refractivity contribution in [3.8, 4) is 0 Å². The van der Waals surface area contributed by atoms with E-state index in [0.717, 1.165) is 50.5 Å². The summed E-state index contributed by atoms with van der Waals surface area (Å²) in [5.41, 5.74) is 0. The van der Waals surface area contributed by atoms with Crippen molar-refractivity contribution in [3.63, 3.8) is 0 Å². The van der Waals surface area contributed by atoms with Gasteiger partial charge in [0.2, 0.25) is 0 Å². The maximum atomic E-state index is 5.49. The van der Waals surface area contributed by atoms with Crippen molar-refractivity contribution in [2.75, 3.05) is 26.3 Å². The van der Waals surface area contributed by atoms with E-state index in [2.05, 4.69) is 45.3 Å². The number of ether oxygens (including phenoxy) is 1. The fraction of sp³-hybridized carbons (Fsp3) is 1.00. The molecule has 2 unspecified atom stereocenters. The molecule has 0 bridgehead atoms. The molecule has 0 amide bonds. The second-order valence-electron chi connectivity index (χ2n) is 6.42. The third-order valence-electron chi connectivity index (χ3n) is 4.05. The summed E-state index contributed by atoms with van der Waals surface area (Å²) in [6.45, 7) is 15.4. The smallest absolute Gasteiger partial charge is 0.0620 e. The molecule has 3 heteroatoms. The van der Waals surface area contributed by atoms with Gasteiger partial charge in [-0.1, -0.05) is 27.7 Å². The van der Waals surface area contributed by atoms with Crippen molar-refractivity contribution in [2.45, 2.75) is 53.1 Å². The van der Waals surface area contributed by atoms with E-state index in [0.29, 0.717) is 12.1 Å². The van der Waals surface area contributed by atoms with Gasteiger partial charge in [-0.05, 0) is 37.6 Å². The zero-order valence-corrected chi connectivity index (χ0v) is 12.8. The quantitative estimate of drug-likeness (QED) is 0.733. The lowest BCUT2D eigenvalue weighted by Gasteiger charge is -2.30. The third-order valence-corrected chi connectivity index (χ3v) is 4.05. The molecule has 1 aliphatic heterocycles. The summed E-state index contributed by atoms with van der Waals surface area (Å²) in [6, 6.07) is 1.09. The van der Waals surface area contributed by atoms with Crippen molar-refractivity contribution in [2.24, 2.45) is 17.8 Å². The summed E-state index contributed by atoms with van der Waals surface area (Å²) in [5.74, 6) is 2.27. The van der Waals surface area contributed by atoms with Crippen LogP contribution in [0.1, 0.15) is 41.0 Å². The molecule has 0 spiro atoms. The molecule has 0 aromatic heterocycles. The van der Waals surface area contributed by atoms with Crippen LogP contribution in [0.5, 0.6) is 0 Å². The molecular formula is C15H32N2O.